The number of hydrogen-bond acceptors (Lipinski definition) is 2. The summed E-state index contributed by atoms with van der Waals surface area (Å²) in [7, 11) is 0. The second kappa shape index (κ2) is 3.75. The van der Waals surface area contributed by atoms with Gasteiger partial charge in [-0.2, -0.15) is 25.3 Å². The van der Waals surface area contributed by atoms with Crippen LogP contribution >= 0.6 is 25.3 Å². The van der Waals surface area contributed by atoms with Crippen LogP contribution in [-0.4, -0.2) is 0 Å². The predicted molar refractivity (Wildman–Crippen MR) is 61.4 cm³/mol. The summed E-state index contributed by atoms with van der Waals surface area (Å²) in [5.41, 5.74) is 5.13. The molecule has 1 aromatic carbocycles. The minimum absolute atomic E-state index is 0.0318. The third-order valence-corrected chi connectivity index (χ3v) is 2.72. The zero-order valence-electron chi connectivity index (χ0n) is 7.63. The van der Waals surface area contributed by atoms with Gasteiger partial charge in [-0.1, -0.05) is 12.1 Å². The van der Waals surface area contributed by atoms with Gasteiger partial charge in [-0.05, 0) is 43.0 Å². The Bertz CT molecular complexity index is 290. The third-order valence-electron chi connectivity index (χ3n) is 2.16. The average Bonchev–Trinajstić information content (AvgIpc) is 1.96. The fourth-order valence-corrected chi connectivity index (χ4v) is 1.82. The van der Waals surface area contributed by atoms with E-state index in [1.165, 1.54) is 22.3 Å². The molecule has 0 bridgehead atoms. The first-order chi connectivity index (χ1) is 5.52. The Morgan fingerprint density at radius 2 is 1.42 bits per heavy atom. The highest BCUT2D eigenvalue weighted by Gasteiger charge is 2.05. The van der Waals surface area contributed by atoms with Crippen molar-refractivity contribution in [3.63, 3.8) is 0 Å². The van der Waals surface area contributed by atoms with E-state index in [-0.39, 0.29) is 4.58 Å². The molecule has 0 saturated heterocycles. The summed E-state index contributed by atoms with van der Waals surface area (Å²) in [6, 6.07) is 4.35. The van der Waals surface area contributed by atoms with Crippen molar-refractivity contribution in [1.82, 2.24) is 0 Å². The van der Waals surface area contributed by atoms with E-state index in [4.69, 9.17) is 0 Å². The molecule has 12 heavy (non-hydrogen) atoms. The van der Waals surface area contributed by atoms with Crippen LogP contribution < -0.4 is 0 Å². The lowest BCUT2D eigenvalue weighted by Gasteiger charge is -2.11. The summed E-state index contributed by atoms with van der Waals surface area (Å²) in [5.74, 6) is 0. The van der Waals surface area contributed by atoms with E-state index in [1.807, 2.05) is 0 Å². The smallest absolute Gasteiger partial charge is 0.0694 e. The highest BCUT2D eigenvalue weighted by Crippen LogP contribution is 2.28. The zero-order valence-corrected chi connectivity index (χ0v) is 9.42. The first kappa shape index (κ1) is 10.0. The highest BCUT2D eigenvalue weighted by molar-refractivity contribution is 7.98. The molecule has 0 unspecified atom stereocenters. The predicted octanol–water partition coefficient (Wildman–Crippen LogP) is 3.47. The Balaban J connectivity index is 3.23. The molecule has 0 aromatic heterocycles. The Kier molecular flexibility index (Phi) is 3.13. The van der Waals surface area contributed by atoms with Crippen molar-refractivity contribution in [3.05, 3.63) is 34.4 Å². The van der Waals surface area contributed by atoms with Crippen molar-refractivity contribution >= 4 is 25.3 Å². The lowest BCUT2D eigenvalue weighted by atomic mass is 10.0. The van der Waals surface area contributed by atoms with Gasteiger partial charge in [0.25, 0.3) is 0 Å². The largest absolute Gasteiger partial charge is 0.160 e. The van der Waals surface area contributed by atoms with E-state index in [9.17, 15) is 0 Å². The molecule has 0 saturated carbocycles. The first-order valence-corrected chi connectivity index (χ1v) is 4.99. The maximum atomic E-state index is 4.30. The van der Waals surface area contributed by atoms with Gasteiger partial charge in [0.15, 0.2) is 0 Å². The van der Waals surface area contributed by atoms with E-state index in [0.29, 0.717) is 0 Å². The standard InChI is InChI=1S/C10H14S2/c1-6-4-8(3)9(10(11)12)5-7(6)2/h4-5,10-12H,1-3H3. The van der Waals surface area contributed by atoms with Gasteiger partial charge in [0, 0.05) is 0 Å². The molecule has 0 N–H and O–H groups in total. The van der Waals surface area contributed by atoms with Crippen molar-refractivity contribution in [2.24, 2.45) is 0 Å². The molecular weight excluding hydrogens is 184 g/mol. The van der Waals surface area contributed by atoms with Gasteiger partial charge in [0.1, 0.15) is 0 Å². The topological polar surface area (TPSA) is 0 Å². The minimum atomic E-state index is 0.0318. The summed E-state index contributed by atoms with van der Waals surface area (Å²) in [5, 5.41) is 0. The quantitative estimate of drug-likeness (QED) is 0.501. The summed E-state index contributed by atoms with van der Waals surface area (Å²) >= 11 is 8.61. The van der Waals surface area contributed by atoms with Crippen LogP contribution in [0, 0.1) is 20.8 Å². The second-order valence-corrected chi connectivity index (χ2v) is 4.61. The normalized spacial score (nSPS) is 10.8. The maximum absolute atomic E-state index is 4.30. The number of benzene rings is 1. The molecule has 0 fully saturated rings. The van der Waals surface area contributed by atoms with Gasteiger partial charge < -0.3 is 0 Å². The van der Waals surface area contributed by atoms with Gasteiger partial charge in [-0.15, -0.1) is 0 Å². The lowest BCUT2D eigenvalue weighted by Crippen LogP contribution is -1.91. The molecule has 66 valence electrons. The van der Waals surface area contributed by atoms with Crippen LogP contribution in [0.15, 0.2) is 12.1 Å². The molecule has 1 rings (SSSR count). The van der Waals surface area contributed by atoms with Crippen LogP contribution in [-0.2, 0) is 0 Å². The Labute approximate surface area is 85.2 Å². The van der Waals surface area contributed by atoms with Gasteiger partial charge in [0.2, 0.25) is 0 Å². The third kappa shape index (κ3) is 1.99. The molecule has 0 amide bonds. The van der Waals surface area contributed by atoms with Crippen LogP contribution in [0.5, 0.6) is 0 Å². The van der Waals surface area contributed by atoms with Gasteiger partial charge in [-0.3, -0.25) is 0 Å². The van der Waals surface area contributed by atoms with Crippen LogP contribution in [0.4, 0.5) is 0 Å². The molecule has 0 aliphatic carbocycles. The monoisotopic (exact) mass is 198 g/mol. The molecule has 0 aliphatic rings. The molecular formula is C10H14S2. The second-order valence-electron chi connectivity index (χ2n) is 3.17. The van der Waals surface area contributed by atoms with Crippen LogP contribution in [0.1, 0.15) is 26.8 Å². The average molecular weight is 198 g/mol. The Morgan fingerprint density at radius 3 is 1.92 bits per heavy atom. The number of rotatable bonds is 1. The molecule has 0 nitrogen and oxygen atoms in total. The number of aryl methyl sites for hydroxylation is 3. The van der Waals surface area contributed by atoms with Crippen molar-refractivity contribution in [1.29, 1.82) is 0 Å². The van der Waals surface area contributed by atoms with Crippen LogP contribution in [0.25, 0.3) is 0 Å². The van der Waals surface area contributed by atoms with Gasteiger partial charge >= 0.3 is 0 Å². The van der Waals surface area contributed by atoms with E-state index >= 15 is 0 Å². The SMILES string of the molecule is Cc1cc(C)c(C(S)S)cc1C. The van der Waals surface area contributed by atoms with Crippen molar-refractivity contribution in [2.75, 3.05) is 0 Å². The fraction of sp³-hybridized carbons (Fsp3) is 0.400. The summed E-state index contributed by atoms with van der Waals surface area (Å²) in [6.45, 7) is 6.33. The zero-order chi connectivity index (χ0) is 9.30. The van der Waals surface area contributed by atoms with E-state index in [2.05, 4.69) is 58.2 Å². The van der Waals surface area contributed by atoms with E-state index in [0.717, 1.165) is 0 Å². The molecule has 0 aliphatic heterocycles. The number of hydrogen-bond donors (Lipinski definition) is 2. The van der Waals surface area contributed by atoms with E-state index in [1.54, 1.807) is 0 Å². The summed E-state index contributed by atoms with van der Waals surface area (Å²) in [6.07, 6.45) is 0. The molecule has 0 spiro atoms. The Morgan fingerprint density at radius 1 is 0.917 bits per heavy atom. The van der Waals surface area contributed by atoms with Crippen molar-refractivity contribution in [2.45, 2.75) is 25.4 Å². The molecule has 1 aromatic rings. The Hall–Kier alpha value is -0.0800. The molecule has 2 heteroatoms. The molecule has 0 radical (unpaired) electrons. The fourth-order valence-electron chi connectivity index (χ4n) is 1.26. The summed E-state index contributed by atoms with van der Waals surface area (Å²) < 4.78 is 0.0318. The maximum Gasteiger partial charge on any atom is 0.0694 e. The highest BCUT2D eigenvalue weighted by atomic mass is 32.2. The van der Waals surface area contributed by atoms with Crippen LogP contribution in [0.3, 0.4) is 0 Å². The van der Waals surface area contributed by atoms with Crippen LogP contribution in [0.2, 0.25) is 0 Å². The van der Waals surface area contributed by atoms with Crippen molar-refractivity contribution in [3.8, 4) is 0 Å². The van der Waals surface area contributed by atoms with E-state index < -0.39 is 0 Å². The minimum Gasteiger partial charge on any atom is -0.160 e. The van der Waals surface area contributed by atoms with Gasteiger partial charge in [0.05, 0.1) is 4.58 Å². The summed E-state index contributed by atoms with van der Waals surface area (Å²) in [4.78, 5) is 0. The van der Waals surface area contributed by atoms with Crippen molar-refractivity contribution < 1.29 is 0 Å². The lowest BCUT2D eigenvalue weighted by molar-refractivity contribution is 1.22. The van der Waals surface area contributed by atoms with Gasteiger partial charge in [-0.25, -0.2) is 0 Å². The number of thiol groups is 2. The first-order valence-electron chi connectivity index (χ1n) is 3.96. The molecule has 0 heterocycles. The molecule has 0 atom stereocenters.